The zero-order valence-electron chi connectivity index (χ0n) is 9.05. The van der Waals surface area contributed by atoms with Crippen LogP contribution in [0.15, 0.2) is 0 Å². The van der Waals surface area contributed by atoms with Crippen molar-refractivity contribution in [2.75, 3.05) is 26.9 Å². The molecular weight excluding hydrogens is 166 g/mol. The third kappa shape index (κ3) is 4.60. The lowest BCUT2D eigenvalue weighted by Gasteiger charge is -2.31. The maximum absolute atomic E-state index is 9.32. The van der Waals surface area contributed by atoms with Crippen LogP contribution in [-0.2, 0) is 4.74 Å². The number of ether oxygens (including phenoxy) is 1. The van der Waals surface area contributed by atoms with E-state index in [-0.39, 0.29) is 12.0 Å². The SMILES string of the molecule is COCCC(CN)(CO)CC(C)C. The van der Waals surface area contributed by atoms with E-state index < -0.39 is 0 Å². The number of hydrogen-bond donors (Lipinski definition) is 2. The largest absolute Gasteiger partial charge is 0.396 e. The van der Waals surface area contributed by atoms with Crippen LogP contribution in [0.25, 0.3) is 0 Å². The molecule has 0 saturated heterocycles. The summed E-state index contributed by atoms with van der Waals surface area (Å²) in [7, 11) is 1.67. The molecule has 0 radical (unpaired) electrons. The molecule has 1 atom stereocenters. The predicted molar refractivity (Wildman–Crippen MR) is 54.5 cm³/mol. The van der Waals surface area contributed by atoms with Crippen molar-refractivity contribution < 1.29 is 9.84 Å². The van der Waals surface area contributed by atoms with Crippen LogP contribution in [0.3, 0.4) is 0 Å². The van der Waals surface area contributed by atoms with E-state index in [2.05, 4.69) is 13.8 Å². The quantitative estimate of drug-likeness (QED) is 0.628. The average Bonchev–Trinajstić information content (AvgIpc) is 2.12. The van der Waals surface area contributed by atoms with E-state index in [0.29, 0.717) is 19.1 Å². The van der Waals surface area contributed by atoms with E-state index in [4.69, 9.17) is 10.5 Å². The molecule has 0 heterocycles. The van der Waals surface area contributed by atoms with Gasteiger partial charge in [0.05, 0.1) is 0 Å². The van der Waals surface area contributed by atoms with E-state index in [1.165, 1.54) is 0 Å². The van der Waals surface area contributed by atoms with Crippen molar-refractivity contribution >= 4 is 0 Å². The van der Waals surface area contributed by atoms with Crippen LogP contribution >= 0.6 is 0 Å². The normalized spacial score (nSPS) is 16.2. The summed E-state index contributed by atoms with van der Waals surface area (Å²) in [4.78, 5) is 0. The number of aliphatic hydroxyl groups excluding tert-OH is 1. The first-order valence-electron chi connectivity index (χ1n) is 4.90. The van der Waals surface area contributed by atoms with Gasteiger partial charge in [0.1, 0.15) is 0 Å². The van der Waals surface area contributed by atoms with Crippen LogP contribution < -0.4 is 5.73 Å². The Morgan fingerprint density at radius 2 is 2.08 bits per heavy atom. The van der Waals surface area contributed by atoms with Gasteiger partial charge in [0.2, 0.25) is 0 Å². The second-order valence-electron chi connectivity index (χ2n) is 4.20. The van der Waals surface area contributed by atoms with Crippen molar-refractivity contribution in [1.29, 1.82) is 0 Å². The summed E-state index contributed by atoms with van der Waals surface area (Å²) in [5, 5.41) is 9.32. The smallest absolute Gasteiger partial charge is 0.0500 e. The molecule has 3 N–H and O–H groups in total. The topological polar surface area (TPSA) is 55.5 Å². The lowest BCUT2D eigenvalue weighted by Crippen LogP contribution is -2.36. The zero-order chi connectivity index (χ0) is 10.3. The fourth-order valence-corrected chi connectivity index (χ4v) is 1.68. The number of methoxy groups -OCH3 is 1. The first-order valence-corrected chi connectivity index (χ1v) is 4.90. The molecule has 0 aromatic heterocycles. The average molecular weight is 189 g/mol. The van der Waals surface area contributed by atoms with Crippen LogP contribution in [0, 0.1) is 11.3 Å². The van der Waals surface area contributed by atoms with E-state index in [1.54, 1.807) is 7.11 Å². The van der Waals surface area contributed by atoms with Gasteiger partial charge in [-0.15, -0.1) is 0 Å². The van der Waals surface area contributed by atoms with Crippen LogP contribution in [-0.4, -0.2) is 32.0 Å². The highest BCUT2D eigenvalue weighted by molar-refractivity contribution is 4.80. The van der Waals surface area contributed by atoms with Gasteiger partial charge in [-0.1, -0.05) is 13.8 Å². The van der Waals surface area contributed by atoms with Crippen molar-refractivity contribution in [3.8, 4) is 0 Å². The number of rotatable bonds is 7. The van der Waals surface area contributed by atoms with Crippen LogP contribution in [0.2, 0.25) is 0 Å². The molecule has 80 valence electrons. The summed E-state index contributed by atoms with van der Waals surface area (Å²) >= 11 is 0. The van der Waals surface area contributed by atoms with E-state index >= 15 is 0 Å². The van der Waals surface area contributed by atoms with Gasteiger partial charge < -0.3 is 15.6 Å². The Balaban J connectivity index is 4.13. The molecule has 0 aliphatic heterocycles. The van der Waals surface area contributed by atoms with E-state index in [1.807, 2.05) is 0 Å². The number of nitrogens with two attached hydrogens (primary N) is 1. The Kier molecular flexibility index (Phi) is 6.29. The standard InChI is InChI=1S/C10H23NO2/c1-9(2)6-10(7-11,8-12)4-5-13-3/h9,12H,4-8,11H2,1-3H3. The van der Waals surface area contributed by atoms with Gasteiger partial charge >= 0.3 is 0 Å². The molecule has 0 saturated carbocycles. The summed E-state index contributed by atoms with van der Waals surface area (Å²) in [6.07, 6.45) is 1.80. The Morgan fingerprint density at radius 3 is 2.38 bits per heavy atom. The second-order valence-corrected chi connectivity index (χ2v) is 4.20. The summed E-state index contributed by atoms with van der Waals surface area (Å²) in [6, 6.07) is 0. The zero-order valence-corrected chi connectivity index (χ0v) is 9.05. The summed E-state index contributed by atoms with van der Waals surface area (Å²) in [5.74, 6) is 0.563. The highest BCUT2D eigenvalue weighted by atomic mass is 16.5. The van der Waals surface area contributed by atoms with Crippen molar-refractivity contribution in [2.45, 2.75) is 26.7 Å². The van der Waals surface area contributed by atoms with Gasteiger partial charge in [-0.3, -0.25) is 0 Å². The van der Waals surface area contributed by atoms with Crippen molar-refractivity contribution in [3.63, 3.8) is 0 Å². The highest BCUT2D eigenvalue weighted by Gasteiger charge is 2.28. The van der Waals surface area contributed by atoms with Gasteiger partial charge in [-0.25, -0.2) is 0 Å². The molecule has 0 aliphatic rings. The summed E-state index contributed by atoms with van der Waals surface area (Å²) in [5.41, 5.74) is 5.56. The molecule has 0 aromatic carbocycles. The van der Waals surface area contributed by atoms with Gasteiger partial charge in [-0.2, -0.15) is 0 Å². The second kappa shape index (κ2) is 6.35. The maximum Gasteiger partial charge on any atom is 0.0500 e. The molecule has 0 bridgehead atoms. The molecule has 0 rings (SSSR count). The third-order valence-electron chi connectivity index (χ3n) is 2.45. The van der Waals surface area contributed by atoms with Crippen molar-refractivity contribution in [3.05, 3.63) is 0 Å². The van der Waals surface area contributed by atoms with Gasteiger partial charge in [0.15, 0.2) is 0 Å². The Morgan fingerprint density at radius 1 is 1.46 bits per heavy atom. The minimum absolute atomic E-state index is 0.135. The molecule has 3 nitrogen and oxygen atoms in total. The van der Waals surface area contributed by atoms with Crippen LogP contribution in [0.5, 0.6) is 0 Å². The lowest BCUT2D eigenvalue weighted by molar-refractivity contribution is 0.0645. The molecule has 0 spiro atoms. The fourth-order valence-electron chi connectivity index (χ4n) is 1.68. The lowest BCUT2D eigenvalue weighted by atomic mass is 9.78. The fraction of sp³-hybridized carbons (Fsp3) is 1.00. The van der Waals surface area contributed by atoms with Crippen molar-refractivity contribution in [1.82, 2.24) is 0 Å². The first-order chi connectivity index (χ1) is 6.10. The van der Waals surface area contributed by atoms with Gasteiger partial charge in [-0.05, 0) is 18.8 Å². The number of aliphatic hydroxyl groups is 1. The minimum Gasteiger partial charge on any atom is -0.396 e. The molecule has 0 aromatic rings. The maximum atomic E-state index is 9.32. The monoisotopic (exact) mass is 189 g/mol. The van der Waals surface area contributed by atoms with Gasteiger partial charge in [0.25, 0.3) is 0 Å². The molecule has 3 heteroatoms. The molecular formula is C10H23NO2. The highest BCUT2D eigenvalue weighted by Crippen LogP contribution is 2.28. The van der Waals surface area contributed by atoms with Gasteiger partial charge in [0, 0.05) is 32.3 Å². The molecule has 0 aliphatic carbocycles. The predicted octanol–water partition coefficient (Wildman–Crippen LogP) is 1.01. The third-order valence-corrected chi connectivity index (χ3v) is 2.45. The molecule has 0 amide bonds. The van der Waals surface area contributed by atoms with E-state index in [0.717, 1.165) is 12.8 Å². The molecule has 0 fully saturated rings. The number of hydrogen-bond acceptors (Lipinski definition) is 3. The van der Waals surface area contributed by atoms with E-state index in [9.17, 15) is 5.11 Å². The molecule has 13 heavy (non-hydrogen) atoms. The first kappa shape index (κ1) is 12.9. The van der Waals surface area contributed by atoms with Crippen molar-refractivity contribution in [2.24, 2.45) is 17.1 Å². The minimum atomic E-state index is -0.135. The Labute approximate surface area is 81.3 Å². The summed E-state index contributed by atoms with van der Waals surface area (Å²) < 4.78 is 5.02. The Bertz CT molecular complexity index is 122. The molecule has 1 unspecified atom stereocenters. The van der Waals surface area contributed by atoms with Crippen LogP contribution in [0.4, 0.5) is 0 Å². The van der Waals surface area contributed by atoms with Crippen LogP contribution in [0.1, 0.15) is 26.7 Å². The Hall–Kier alpha value is -0.120. The summed E-state index contributed by atoms with van der Waals surface area (Å²) in [6.45, 7) is 5.65.